The average molecular weight is 549 g/mol. The highest BCUT2D eigenvalue weighted by Crippen LogP contribution is 2.42. The molecule has 0 aliphatic carbocycles. The lowest BCUT2D eigenvalue weighted by atomic mass is 10.1. The van der Waals surface area contributed by atoms with Gasteiger partial charge in [0.1, 0.15) is 11.5 Å². The summed E-state index contributed by atoms with van der Waals surface area (Å²) in [5.74, 6) is 1.17. The van der Waals surface area contributed by atoms with E-state index in [0.717, 1.165) is 60.6 Å². The Kier molecular flexibility index (Phi) is 7.81. The lowest BCUT2D eigenvalue weighted by Gasteiger charge is -2.25. The molecule has 11 heteroatoms. The Morgan fingerprint density at radius 1 is 0.900 bits per heavy atom. The summed E-state index contributed by atoms with van der Waals surface area (Å²) >= 11 is 0. The van der Waals surface area contributed by atoms with Crippen LogP contribution in [0.5, 0.6) is 0 Å². The Hall–Kier alpha value is -4.28. The number of allylic oxidation sites excluding steroid dienone is 3. The molecule has 0 bridgehead atoms. The SMILES string of the molecule is CCCCN1C(=CC=CC=c2c(C(F)(F)F)nn3nc(-c4cnccn4)nc23)N(CCCC)c2cc(C)ccc21. The maximum atomic E-state index is 13.8. The lowest BCUT2D eigenvalue weighted by molar-refractivity contribution is -0.142. The minimum atomic E-state index is -4.66. The number of unbranched alkanes of at least 4 members (excludes halogenated alkanes) is 2. The van der Waals surface area contributed by atoms with Crippen LogP contribution in [-0.2, 0) is 6.18 Å². The Labute approximate surface area is 230 Å². The zero-order valence-corrected chi connectivity index (χ0v) is 22.7. The fourth-order valence-corrected chi connectivity index (χ4v) is 4.73. The van der Waals surface area contributed by atoms with Gasteiger partial charge in [0.2, 0.25) is 5.82 Å². The molecule has 1 aromatic carbocycles. The van der Waals surface area contributed by atoms with Crippen molar-refractivity contribution < 1.29 is 13.2 Å². The van der Waals surface area contributed by atoms with Crippen LogP contribution in [0.15, 0.2) is 60.8 Å². The molecule has 0 unspecified atom stereocenters. The molecule has 0 spiro atoms. The fourth-order valence-electron chi connectivity index (χ4n) is 4.73. The Balaban J connectivity index is 1.55. The average Bonchev–Trinajstić information content (AvgIpc) is 3.59. The number of aromatic nitrogens is 6. The first-order valence-corrected chi connectivity index (χ1v) is 13.5. The zero-order valence-electron chi connectivity index (χ0n) is 22.7. The monoisotopic (exact) mass is 548 g/mol. The van der Waals surface area contributed by atoms with E-state index in [9.17, 15) is 13.2 Å². The Morgan fingerprint density at radius 3 is 2.30 bits per heavy atom. The number of alkyl halides is 3. The summed E-state index contributed by atoms with van der Waals surface area (Å²) in [6.07, 6.45) is 10.6. The van der Waals surface area contributed by atoms with Crippen molar-refractivity contribution >= 4 is 23.1 Å². The van der Waals surface area contributed by atoms with Crippen LogP contribution in [0.2, 0.25) is 0 Å². The first kappa shape index (κ1) is 27.3. The summed E-state index contributed by atoms with van der Waals surface area (Å²) in [6, 6.07) is 6.46. The van der Waals surface area contributed by atoms with Gasteiger partial charge in [0.25, 0.3) is 0 Å². The molecule has 0 N–H and O–H groups in total. The van der Waals surface area contributed by atoms with Crippen molar-refractivity contribution in [2.45, 2.75) is 52.6 Å². The largest absolute Gasteiger partial charge is 0.435 e. The number of hydrogen-bond donors (Lipinski definition) is 0. The molecular weight excluding hydrogens is 517 g/mol. The quantitative estimate of drug-likeness (QED) is 0.264. The van der Waals surface area contributed by atoms with Crippen LogP contribution in [-0.4, -0.2) is 42.9 Å². The minimum absolute atomic E-state index is 0.00294. The number of fused-ring (bicyclic) bond motifs is 2. The van der Waals surface area contributed by atoms with Crippen LogP contribution in [0.4, 0.5) is 24.5 Å². The van der Waals surface area contributed by atoms with Crippen LogP contribution in [0, 0.1) is 6.92 Å². The maximum Gasteiger partial charge on any atom is 0.435 e. The van der Waals surface area contributed by atoms with Crippen molar-refractivity contribution in [2.24, 2.45) is 0 Å². The molecular formula is C29H31F3N8. The summed E-state index contributed by atoms with van der Waals surface area (Å²) in [5, 5.41) is 7.63. The van der Waals surface area contributed by atoms with Crippen molar-refractivity contribution in [2.75, 3.05) is 22.9 Å². The van der Waals surface area contributed by atoms with E-state index < -0.39 is 11.9 Å². The molecule has 0 fully saturated rings. The molecule has 3 aromatic heterocycles. The van der Waals surface area contributed by atoms with Gasteiger partial charge in [0.15, 0.2) is 11.3 Å². The summed E-state index contributed by atoms with van der Waals surface area (Å²) in [5.41, 5.74) is 2.81. The predicted molar refractivity (Wildman–Crippen MR) is 149 cm³/mol. The lowest BCUT2D eigenvalue weighted by Crippen LogP contribution is -2.29. The van der Waals surface area contributed by atoms with Gasteiger partial charge in [0, 0.05) is 25.5 Å². The third-order valence-corrected chi connectivity index (χ3v) is 6.70. The molecule has 0 atom stereocenters. The van der Waals surface area contributed by atoms with E-state index >= 15 is 0 Å². The van der Waals surface area contributed by atoms with Gasteiger partial charge in [-0.1, -0.05) is 44.9 Å². The van der Waals surface area contributed by atoms with Crippen LogP contribution in [0.3, 0.4) is 0 Å². The fraction of sp³-hybridized carbons (Fsp3) is 0.345. The molecule has 0 radical (unpaired) electrons. The summed E-state index contributed by atoms with van der Waals surface area (Å²) in [6.45, 7) is 8.11. The van der Waals surface area contributed by atoms with Crippen molar-refractivity contribution in [3.05, 3.63) is 77.3 Å². The second kappa shape index (κ2) is 11.4. The third kappa shape index (κ3) is 5.41. The first-order chi connectivity index (χ1) is 19.3. The van der Waals surface area contributed by atoms with E-state index in [1.54, 1.807) is 12.2 Å². The molecule has 1 aliphatic heterocycles. The number of anilines is 2. The van der Waals surface area contributed by atoms with Gasteiger partial charge < -0.3 is 9.80 Å². The summed E-state index contributed by atoms with van der Waals surface area (Å²) in [4.78, 5) is 17.0. The van der Waals surface area contributed by atoms with Gasteiger partial charge >= 0.3 is 6.18 Å². The van der Waals surface area contributed by atoms with Crippen LogP contribution in [0.1, 0.15) is 50.8 Å². The van der Waals surface area contributed by atoms with E-state index in [1.807, 2.05) is 6.08 Å². The van der Waals surface area contributed by atoms with Crippen LogP contribution in [0.25, 0.3) is 23.2 Å². The van der Waals surface area contributed by atoms with E-state index in [1.165, 1.54) is 30.2 Å². The van der Waals surface area contributed by atoms with Gasteiger partial charge in [-0.3, -0.25) is 4.98 Å². The maximum absolute atomic E-state index is 13.8. The number of benzene rings is 1. The van der Waals surface area contributed by atoms with Crippen LogP contribution < -0.4 is 15.0 Å². The molecule has 8 nitrogen and oxygen atoms in total. The van der Waals surface area contributed by atoms with E-state index in [2.05, 4.69) is 73.9 Å². The van der Waals surface area contributed by atoms with Gasteiger partial charge in [-0.2, -0.15) is 13.2 Å². The molecule has 208 valence electrons. The highest BCUT2D eigenvalue weighted by Gasteiger charge is 2.37. The topological polar surface area (TPSA) is 75.3 Å². The highest BCUT2D eigenvalue weighted by atomic mass is 19.4. The number of hydrogen-bond acceptors (Lipinski definition) is 7. The van der Waals surface area contributed by atoms with Crippen molar-refractivity contribution in [1.29, 1.82) is 0 Å². The zero-order chi connectivity index (χ0) is 28.3. The predicted octanol–water partition coefficient (Wildman–Crippen LogP) is 5.73. The van der Waals surface area contributed by atoms with Gasteiger partial charge in [-0.15, -0.1) is 14.8 Å². The second-order valence-corrected chi connectivity index (χ2v) is 9.68. The van der Waals surface area contributed by atoms with Crippen molar-refractivity contribution in [3.8, 4) is 11.5 Å². The Morgan fingerprint density at radius 2 is 1.62 bits per heavy atom. The molecule has 0 saturated carbocycles. The van der Waals surface area contributed by atoms with E-state index in [4.69, 9.17) is 0 Å². The molecule has 0 amide bonds. The van der Waals surface area contributed by atoms with Gasteiger partial charge in [-0.05, 0) is 49.6 Å². The number of rotatable bonds is 9. The van der Waals surface area contributed by atoms with Crippen molar-refractivity contribution in [3.63, 3.8) is 0 Å². The van der Waals surface area contributed by atoms with Crippen LogP contribution >= 0.6 is 0 Å². The molecule has 1 aliphatic rings. The number of aryl methyl sites for hydroxylation is 1. The van der Waals surface area contributed by atoms with Gasteiger partial charge in [0.05, 0.1) is 22.8 Å². The summed E-state index contributed by atoms with van der Waals surface area (Å²) < 4.78 is 42.4. The van der Waals surface area contributed by atoms with Crippen molar-refractivity contribution in [1.82, 2.24) is 29.8 Å². The molecule has 40 heavy (non-hydrogen) atoms. The van der Waals surface area contributed by atoms with Gasteiger partial charge in [-0.25, -0.2) is 9.97 Å². The third-order valence-electron chi connectivity index (χ3n) is 6.70. The van der Waals surface area contributed by atoms with E-state index in [0.29, 0.717) is 5.69 Å². The Bertz CT molecular complexity index is 1590. The molecule has 4 heterocycles. The number of halogens is 3. The summed E-state index contributed by atoms with van der Waals surface area (Å²) in [7, 11) is 0. The molecule has 5 rings (SSSR count). The highest BCUT2D eigenvalue weighted by molar-refractivity contribution is 5.83. The smallest absolute Gasteiger partial charge is 0.326 e. The van der Waals surface area contributed by atoms with E-state index in [-0.39, 0.29) is 16.7 Å². The molecule has 4 aromatic rings. The molecule has 0 saturated heterocycles. The normalized spacial score (nSPS) is 15.3. The minimum Gasteiger partial charge on any atom is -0.326 e. The standard InChI is InChI=1S/C29H31F3N8/c1-4-6-16-38-23-13-12-20(3)18-24(23)39(17-7-5-2)25(38)11-9-8-10-21-26(29(30,31)32)36-40-28(21)35-27(37-40)22-19-33-14-15-34-22/h8-15,18-19H,4-7,16-17H2,1-3H3. The first-order valence-electron chi connectivity index (χ1n) is 13.5. The second-order valence-electron chi connectivity index (χ2n) is 9.68. The number of nitrogens with zero attached hydrogens (tertiary/aromatic N) is 8.